The Labute approximate surface area is 160 Å². The summed E-state index contributed by atoms with van der Waals surface area (Å²) < 4.78 is 10.7. The van der Waals surface area contributed by atoms with E-state index in [1.165, 1.54) is 5.56 Å². The zero-order valence-electron chi connectivity index (χ0n) is 15.9. The minimum Gasteiger partial charge on any atom is -0.497 e. The summed E-state index contributed by atoms with van der Waals surface area (Å²) in [4.78, 5) is 14.5. The number of urea groups is 1. The van der Waals surface area contributed by atoms with E-state index in [1.807, 2.05) is 36.4 Å². The Hall–Kier alpha value is -2.57. The fourth-order valence-electron chi connectivity index (χ4n) is 3.16. The van der Waals surface area contributed by atoms with Gasteiger partial charge in [0.2, 0.25) is 0 Å². The van der Waals surface area contributed by atoms with Crippen LogP contribution in [0.2, 0.25) is 0 Å². The fraction of sp³-hybridized carbons (Fsp3) is 0.381. The second kappa shape index (κ2) is 9.39. The third-order valence-corrected chi connectivity index (χ3v) is 4.52. The molecule has 1 unspecified atom stereocenters. The van der Waals surface area contributed by atoms with Gasteiger partial charge in [0.1, 0.15) is 5.75 Å². The summed E-state index contributed by atoms with van der Waals surface area (Å²) in [6, 6.07) is 15.3. The molecule has 2 N–H and O–H groups in total. The van der Waals surface area contributed by atoms with Crippen molar-refractivity contribution >= 4 is 11.7 Å². The molecular formula is C21H27N3O3. The van der Waals surface area contributed by atoms with Crippen LogP contribution in [0.25, 0.3) is 0 Å². The lowest BCUT2D eigenvalue weighted by Crippen LogP contribution is -2.40. The molecule has 1 aliphatic heterocycles. The van der Waals surface area contributed by atoms with Gasteiger partial charge in [-0.2, -0.15) is 0 Å². The number of carbonyl (C=O) groups excluding carboxylic acids is 1. The van der Waals surface area contributed by atoms with Gasteiger partial charge in [0.15, 0.2) is 0 Å². The van der Waals surface area contributed by atoms with Gasteiger partial charge in [-0.3, -0.25) is 4.90 Å². The Morgan fingerprint density at radius 3 is 2.74 bits per heavy atom. The number of anilines is 1. The van der Waals surface area contributed by atoms with Crippen molar-refractivity contribution in [3.05, 3.63) is 59.7 Å². The van der Waals surface area contributed by atoms with Gasteiger partial charge in [-0.15, -0.1) is 0 Å². The van der Waals surface area contributed by atoms with Gasteiger partial charge < -0.3 is 20.1 Å². The number of carbonyl (C=O) groups is 1. The van der Waals surface area contributed by atoms with E-state index in [1.54, 1.807) is 7.11 Å². The first kappa shape index (κ1) is 19.2. The zero-order chi connectivity index (χ0) is 19.1. The molecule has 0 bridgehead atoms. The lowest BCUT2D eigenvalue weighted by atomic mass is 10.1. The molecule has 0 radical (unpaired) electrons. The molecule has 0 aromatic heterocycles. The number of hydrogen-bond donors (Lipinski definition) is 2. The normalized spacial score (nSPS) is 17.3. The number of rotatable bonds is 6. The molecule has 6 nitrogen and oxygen atoms in total. The summed E-state index contributed by atoms with van der Waals surface area (Å²) >= 11 is 0. The van der Waals surface area contributed by atoms with Crippen molar-refractivity contribution in [2.75, 3.05) is 32.1 Å². The molecular weight excluding hydrogens is 342 g/mol. The van der Waals surface area contributed by atoms with Gasteiger partial charge >= 0.3 is 6.03 Å². The first-order valence-corrected chi connectivity index (χ1v) is 9.23. The van der Waals surface area contributed by atoms with Crippen molar-refractivity contribution in [2.45, 2.75) is 26.1 Å². The fourth-order valence-corrected chi connectivity index (χ4v) is 3.16. The SMILES string of the molecule is COc1ccc(NC(=O)NCc2cccc(CN3CCOC(C)C3)c2)cc1. The van der Waals surface area contributed by atoms with E-state index < -0.39 is 0 Å². The number of amides is 2. The van der Waals surface area contributed by atoms with Crippen LogP contribution in [0.15, 0.2) is 48.5 Å². The van der Waals surface area contributed by atoms with Crippen LogP contribution in [0.4, 0.5) is 10.5 Å². The molecule has 1 aliphatic rings. The standard InChI is InChI=1S/C21H27N3O3/c1-16-14-24(10-11-27-16)15-18-5-3-4-17(12-18)13-22-21(25)23-19-6-8-20(26-2)9-7-19/h3-9,12,16H,10-11,13-15H2,1-2H3,(H2,22,23,25). The highest BCUT2D eigenvalue weighted by Gasteiger charge is 2.16. The van der Waals surface area contributed by atoms with Gasteiger partial charge in [-0.05, 0) is 42.3 Å². The second-order valence-corrected chi connectivity index (χ2v) is 6.77. The molecule has 1 heterocycles. The largest absolute Gasteiger partial charge is 0.497 e. The van der Waals surface area contributed by atoms with Gasteiger partial charge in [-0.25, -0.2) is 4.79 Å². The maximum absolute atomic E-state index is 12.1. The van der Waals surface area contributed by atoms with Crippen LogP contribution in [-0.2, 0) is 17.8 Å². The van der Waals surface area contributed by atoms with Crippen molar-refractivity contribution in [3.63, 3.8) is 0 Å². The molecule has 1 saturated heterocycles. The van der Waals surface area contributed by atoms with Crippen molar-refractivity contribution in [2.24, 2.45) is 0 Å². The van der Waals surface area contributed by atoms with Gasteiger partial charge in [-0.1, -0.05) is 24.3 Å². The van der Waals surface area contributed by atoms with Crippen LogP contribution >= 0.6 is 0 Å². The number of nitrogens with zero attached hydrogens (tertiary/aromatic N) is 1. The maximum atomic E-state index is 12.1. The number of methoxy groups -OCH3 is 1. The quantitative estimate of drug-likeness (QED) is 0.821. The minimum atomic E-state index is -0.229. The number of hydrogen-bond acceptors (Lipinski definition) is 4. The smallest absolute Gasteiger partial charge is 0.319 e. The monoisotopic (exact) mass is 369 g/mol. The van der Waals surface area contributed by atoms with Crippen molar-refractivity contribution < 1.29 is 14.3 Å². The highest BCUT2D eigenvalue weighted by Crippen LogP contribution is 2.15. The average Bonchev–Trinajstić information content (AvgIpc) is 2.67. The molecule has 6 heteroatoms. The van der Waals surface area contributed by atoms with E-state index in [9.17, 15) is 4.79 Å². The second-order valence-electron chi connectivity index (χ2n) is 6.77. The van der Waals surface area contributed by atoms with E-state index >= 15 is 0 Å². The van der Waals surface area contributed by atoms with Crippen LogP contribution in [-0.4, -0.2) is 43.8 Å². The molecule has 1 atom stereocenters. The molecule has 0 spiro atoms. The van der Waals surface area contributed by atoms with Crippen molar-refractivity contribution in [3.8, 4) is 5.75 Å². The Morgan fingerprint density at radius 2 is 2.00 bits per heavy atom. The predicted molar refractivity (Wildman–Crippen MR) is 106 cm³/mol. The van der Waals surface area contributed by atoms with Gasteiger partial charge in [0.05, 0.1) is 19.8 Å². The Bertz CT molecular complexity index is 749. The van der Waals surface area contributed by atoms with E-state index in [-0.39, 0.29) is 12.1 Å². The third kappa shape index (κ3) is 5.98. The van der Waals surface area contributed by atoms with Gasteiger partial charge in [0, 0.05) is 31.9 Å². The predicted octanol–water partition coefficient (Wildman–Crippen LogP) is 3.24. The lowest BCUT2D eigenvalue weighted by Gasteiger charge is -2.31. The van der Waals surface area contributed by atoms with Crippen LogP contribution < -0.4 is 15.4 Å². The first-order chi connectivity index (χ1) is 13.1. The summed E-state index contributed by atoms with van der Waals surface area (Å²) in [6.45, 7) is 6.18. The van der Waals surface area contributed by atoms with E-state index in [0.29, 0.717) is 6.54 Å². The number of morpholine rings is 1. The number of ether oxygens (including phenoxy) is 2. The third-order valence-electron chi connectivity index (χ3n) is 4.52. The Kier molecular flexibility index (Phi) is 6.68. The molecule has 27 heavy (non-hydrogen) atoms. The summed E-state index contributed by atoms with van der Waals surface area (Å²) in [5.74, 6) is 0.757. The molecule has 2 amide bonds. The van der Waals surface area contributed by atoms with E-state index in [0.717, 1.165) is 43.2 Å². The average molecular weight is 369 g/mol. The Balaban J connectivity index is 1.49. The molecule has 0 aliphatic carbocycles. The van der Waals surface area contributed by atoms with Crippen LogP contribution in [0, 0.1) is 0 Å². The summed E-state index contributed by atoms with van der Waals surface area (Å²) in [5, 5.41) is 5.72. The molecule has 2 aromatic rings. The zero-order valence-corrected chi connectivity index (χ0v) is 15.9. The summed E-state index contributed by atoms with van der Waals surface area (Å²) in [7, 11) is 1.61. The van der Waals surface area contributed by atoms with Crippen LogP contribution in [0.3, 0.4) is 0 Å². The van der Waals surface area contributed by atoms with Crippen LogP contribution in [0.5, 0.6) is 5.75 Å². The highest BCUT2D eigenvalue weighted by atomic mass is 16.5. The number of benzene rings is 2. The van der Waals surface area contributed by atoms with Crippen LogP contribution in [0.1, 0.15) is 18.1 Å². The summed E-state index contributed by atoms with van der Waals surface area (Å²) in [6.07, 6.45) is 0.283. The molecule has 144 valence electrons. The highest BCUT2D eigenvalue weighted by molar-refractivity contribution is 5.89. The first-order valence-electron chi connectivity index (χ1n) is 9.23. The number of nitrogens with one attached hydrogen (secondary N) is 2. The summed E-state index contributed by atoms with van der Waals surface area (Å²) in [5.41, 5.74) is 3.06. The van der Waals surface area contributed by atoms with Crippen molar-refractivity contribution in [1.82, 2.24) is 10.2 Å². The van der Waals surface area contributed by atoms with Crippen molar-refractivity contribution in [1.29, 1.82) is 0 Å². The Morgan fingerprint density at radius 1 is 1.22 bits per heavy atom. The van der Waals surface area contributed by atoms with Gasteiger partial charge in [0.25, 0.3) is 0 Å². The molecule has 3 rings (SSSR count). The van der Waals surface area contributed by atoms with E-state index in [2.05, 4.69) is 34.6 Å². The topological polar surface area (TPSA) is 62.8 Å². The lowest BCUT2D eigenvalue weighted by molar-refractivity contribution is -0.0212. The molecule has 0 saturated carbocycles. The maximum Gasteiger partial charge on any atom is 0.319 e. The molecule has 1 fully saturated rings. The van der Waals surface area contributed by atoms with E-state index in [4.69, 9.17) is 9.47 Å². The minimum absolute atomic E-state index is 0.229. The molecule has 2 aromatic carbocycles.